The molecule has 0 bridgehead atoms. The molecule has 0 fully saturated rings. The molecule has 0 rings (SSSR count). The molecule has 0 aromatic rings. The standard InChI is InChI=1S/C72H134O6/c1-4-7-10-13-16-18-20-22-24-26-28-30-32-33-34-35-36-37-38-39-41-42-44-46-48-50-52-54-56-59-62-65-71(74)77-68-69(67-76-70(73)64-61-58-15-12-9-6-3)78-72(75)66-63-60-57-55-53-51-49-47-45-43-40-31-29-27-25-23-21-19-17-14-11-8-5-2/h21,23,27,29,40,43,69H,4-20,22,24-26,28,30-39,41-42,44-68H2,1-3H3/b23-21-,29-27-,43-40-. The molecule has 78 heavy (non-hydrogen) atoms. The summed E-state index contributed by atoms with van der Waals surface area (Å²) in [5.74, 6) is -0.865. The van der Waals surface area contributed by atoms with Gasteiger partial charge in [-0.15, -0.1) is 0 Å². The van der Waals surface area contributed by atoms with Crippen LogP contribution in [0.4, 0.5) is 0 Å². The number of hydrogen-bond acceptors (Lipinski definition) is 6. The van der Waals surface area contributed by atoms with Crippen LogP contribution in [0, 0.1) is 0 Å². The first-order valence-electron chi connectivity index (χ1n) is 35.0. The Morgan fingerprint density at radius 2 is 0.462 bits per heavy atom. The zero-order valence-electron chi connectivity index (χ0n) is 52.7. The van der Waals surface area contributed by atoms with Gasteiger partial charge in [0.05, 0.1) is 0 Å². The largest absolute Gasteiger partial charge is 0.462 e. The minimum absolute atomic E-state index is 0.0709. The summed E-state index contributed by atoms with van der Waals surface area (Å²) < 4.78 is 16.8. The van der Waals surface area contributed by atoms with Gasteiger partial charge in [0.15, 0.2) is 6.10 Å². The maximum Gasteiger partial charge on any atom is 0.306 e. The fourth-order valence-electron chi connectivity index (χ4n) is 10.6. The zero-order valence-corrected chi connectivity index (χ0v) is 52.7. The minimum Gasteiger partial charge on any atom is -0.462 e. The third-order valence-corrected chi connectivity index (χ3v) is 15.9. The van der Waals surface area contributed by atoms with Crippen molar-refractivity contribution in [2.75, 3.05) is 13.2 Å². The molecule has 0 saturated carbocycles. The van der Waals surface area contributed by atoms with E-state index in [4.69, 9.17) is 14.2 Å². The maximum absolute atomic E-state index is 12.9. The van der Waals surface area contributed by atoms with Crippen LogP contribution in [0.1, 0.15) is 387 Å². The van der Waals surface area contributed by atoms with E-state index in [9.17, 15) is 14.4 Å². The highest BCUT2D eigenvalue weighted by Crippen LogP contribution is 2.19. The summed E-state index contributed by atoms with van der Waals surface area (Å²) in [7, 11) is 0. The highest BCUT2D eigenvalue weighted by Gasteiger charge is 2.19. The Balaban J connectivity index is 3.97. The van der Waals surface area contributed by atoms with Gasteiger partial charge < -0.3 is 14.2 Å². The van der Waals surface area contributed by atoms with E-state index in [-0.39, 0.29) is 31.1 Å². The number of unbranched alkanes of at least 4 members (excludes halogenated alkanes) is 48. The van der Waals surface area contributed by atoms with Crippen LogP contribution in [0.2, 0.25) is 0 Å². The molecule has 0 radical (unpaired) electrons. The summed E-state index contributed by atoms with van der Waals surface area (Å²) in [6.45, 7) is 6.63. The first-order valence-corrected chi connectivity index (χ1v) is 35.0. The molecule has 458 valence electrons. The first kappa shape index (κ1) is 75.6. The maximum atomic E-state index is 12.9. The van der Waals surface area contributed by atoms with Crippen LogP contribution in [0.5, 0.6) is 0 Å². The third-order valence-electron chi connectivity index (χ3n) is 15.9. The molecular weight excluding hydrogens is 961 g/mol. The van der Waals surface area contributed by atoms with Crippen LogP contribution in [0.15, 0.2) is 36.5 Å². The van der Waals surface area contributed by atoms with Gasteiger partial charge in [0, 0.05) is 19.3 Å². The van der Waals surface area contributed by atoms with Crippen LogP contribution in [-0.4, -0.2) is 37.2 Å². The lowest BCUT2D eigenvalue weighted by molar-refractivity contribution is -0.167. The molecular formula is C72H134O6. The van der Waals surface area contributed by atoms with Crippen molar-refractivity contribution in [3.8, 4) is 0 Å². The van der Waals surface area contributed by atoms with E-state index >= 15 is 0 Å². The smallest absolute Gasteiger partial charge is 0.306 e. The van der Waals surface area contributed by atoms with E-state index in [1.807, 2.05) is 0 Å². The second kappa shape index (κ2) is 67.1. The van der Waals surface area contributed by atoms with Crippen molar-refractivity contribution in [2.24, 2.45) is 0 Å². The normalized spacial score (nSPS) is 12.2. The summed E-state index contributed by atoms with van der Waals surface area (Å²) in [6.07, 6.45) is 83.7. The molecule has 0 aliphatic heterocycles. The van der Waals surface area contributed by atoms with Gasteiger partial charge in [-0.2, -0.15) is 0 Å². The average Bonchev–Trinajstić information content (AvgIpc) is 3.44. The van der Waals surface area contributed by atoms with Crippen molar-refractivity contribution in [1.29, 1.82) is 0 Å². The monoisotopic (exact) mass is 1100 g/mol. The fraction of sp³-hybridized carbons (Fsp3) is 0.875. The van der Waals surface area contributed by atoms with Crippen molar-refractivity contribution < 1.29 is 28.6 Å². The predicted octanol–water partition coefficient (Wildman–Crippen LogP) is 23.9. The van der Waals surface area contributed by atoms with Crippen LogP contribution in [0.3, 0.4) is 0 Å². The number of allylic oxidation sites excluding steroid dienone is 6. The van der Waals surface area contributed by atoms with Crippen molar-refractivity contribution in [3.05, 3.63) is 36.5 Å². The summed E-state index contributed by atoms with van der Waals surface area (Å²) >= 11 is 0. The van der Waals surface area contributed by atoms with Crippen molar-refractivity contribution in [2.45, 2.75) is 393 Å². The van der Waals surface area contributed by atoms with Crippen molar-refractivity contribution in [3.63, 3.8) is 0 Å². The van der Waals surface area contributed by atoms with E-state index in [1.165, 1.54) is 270 Å². The summed E-state index contributed by atoms with van der Waals surface area (Å²) in [5.41, 5.74) is 0. The molecule has 0 saturated heterocycles. The minimum atomic E-state index is -0.772. The van der Waals surface area contributed by atoms with E-state index in [2.05, 4.69) is 57.2 Å². The molecule has 0 spiro atoms. The lowest BCUT2D eigenvalue weighted by atomic mass is 10.0. The van der Waals surface area contributed by atoms with Gasteiger partial charge in [-0.05, 0) is 57.8 Å². The third kappa shape index (κ3) is 64.5. The molecule has 0 N–H and O–H groups in total. The van der Waals surface area contributed by atoms with Gasteiger partial charge in [0.25, 0.3) is 0 Å². The van der Waals surface area contributed by atoms with E-state index in [1.54, 1.807) is 0 Å². The van der Waals surface area contributed by atoms with E-state index in [0.717, 1.165) is 77.0 Å². The number of rotatable bonds is 65. The van der Waals surface area contributed by atoms with Gasteiger partial charge >= 0.3 is 17.9 Å². The van der Waals surface area contributed by atoms with Crippen LogP contribution >= 0.6 is 0 Å². The molecule has 0 aromatic heterocycles. The molecule has 1 atom stereocenters. The Kier molecular flexibility index (Phi) is 65.1. The Morgan fingerprint density at radius 1 is 0.256 bits per heavy atom. The highest BCUT2D eigenvalue weighted by molar-refractivity contribution is 5.71. The molecule has 6 nitrogen and oxygen atoms in total. The molecule has 0 heterocycles. The number of esters is 3. The lowest BCUT2D eigenvalue weighted by Gasteiger charge is -2.18. The average molecular weight is 1100 g/mol. The SMILES string of the molecule is CCCCCCC/C=C\C/C=C\C/C=C\CCCCCCCCCCC(=O)OC(COC(=O)CCCCCCCC)COC(=O)CCCCCCCCCCCCCCCCCCCCCCCCCCCCCCCCC. The molecule has 0 aliphatic rings. The van der Waals surface area contributed by atoms with Crippen LogP contribution in [-0.2, 0) is 28.6 Å². The summed E-state index contributed by atoms with van der Waals surface area (Å²) in [6, 6.07) is 0. The number of carbonyl (C=O) groups is 3. The Morgan fingerprint density at radius 3 is 0.718 bits per heavy atom. The second-order valence-corrected chi connectivity index (χ2v) is 23.8. The number of hydrogen-bond donors (Lipinski definition) is 0. The van der Waals surface area contributed by atoms with Crippen LogP contribution in [0.25, 0.3) is 0 Å². The Bertz CT molecular complexity index is 1300. The van der Waals surface area contributed by atoms with Crippen LogP contribution < -0.4 is 0 Å². The van der Waals surface area contributed by atoms with E-state index < -0.39 is 6.10 Å². The Hall–Kier alpha value is -2.37. The van der Waals surface area contributed by atoms with Gasteiger partial charge in [-0.3, -0.25) is 14.4 Å². The predicted molar refractivity (Wildman–Crippen MR) is 339 cm³/mol. The van der Waals surface area contributed by atoms with Gasteiger partial charge in [0.1, 0.15) is 13.2 Å². The summed E-state index contributed by atoms with van der Waals surface area (Å²) in [5, 5.41) is 0. The second-order valence-electron chi connectivity index (χ2n) is 23.8. The Labute approximate surface area is 486 Å². The highest BCUT2D eigenvalue weighted by atomic mass is 16.6. The summed E-state index contributed by atoms with van der Waals surface area (Å²) in [4.78, 5) is 38.1. The quantitative estimate of drug-likeness (QED) is 0.0261. The lowest BCUT2D eigenvalue weighted by Crippen LogP contribution is -2.30. The molecule has 0 aromatic carbocycles. The number of carbonyl (C=O) groups excluding carboxylic acids is 3. The van der Waals surface area contributed by atoms with Gasteiger partial charge in [-0.25, -0.2) is 0 Å². The first-order chi connectivity index (χ1) is 38.5. The molecule has 0 aliphatic carbocycles. The topological polar surface area (TPSA) is 78.9 Å². The number of ether oxygens (including phenoxy) is 3. The van der Waals surface area contributed by atoms with Crippen molar-refractivity contribution >= 4 is 17.9 Å². The van der Waals surface area contributed by atoms with E-state index in [0.29, 0.717) is 19.3 Å². The molecule has 6 heteroatoms. The van der Waals surface area contributed by atoms with Gasteiger partial charge in [-0.1, -0.05) is 346 Å². The zero-order chi connectivity index (χ0) is 56.4. The fourth-order valence-corrected chi connectivity index (χ4v) is 10.6. The van der Waals surface area contributed by atoms with Crippen molar-refractivity contribution in [1.82, 2.24) is 0 Å². The molecule has 0 amide bonds. The molecule has 1 unspecified atom stereocenters. The van der Waals surface area contributed by atoms with Gasteiger partial charge in [0.2, 0.25) is 0 Å².